The third kappa shape index (κ3) is 3.47. The summed E-state index contributed by atoms with van der Waals surface area (Å²) in [5.74, 6) is -0.758. The second kappa shape index (κ2) is 6.48. The van der Waals surface area contributed by atoms with Crippen molar-refractivity contribution in [2.24, 2.45) is 0 Å². The molecule has 0 aromatic heterocycles. The van der Waals surface area contributed by atoms with Crippen LogP contribution in [0.4, 0.5) is 0 Å². The van der Waals surface area contributed by atoms with Crippen molar-refractivity contribution in [1.82, 2.24) is 9.80 Å². The van der Waals surface area contributed by atoms with Crippen LogP contribution in [0, 0.1) is 0 Å². The zero-order valence-corrected chi connectivity index (χ0v) is 12.6. The summed E-state index contributed by atoms with van der Waals surface area (Å²) in [7, 11) is 0. The molecule has 5 nitrogen and oxygen atoms in total. The van der Waals surface area contributed by atoms with E-state index in [4.69, 9.17) is 0 Å². The van der Waals surface area contributed by atoms with Crippen LogP contribution < -0.4 is 0 Å². The summed E-state index contributed by atoms with van der Waals surface area (Å²) in [5.41, 5.74) is 1.12. The van der Waals surface area contributed by atoms with Gasteiger partial charge in [0.25, 0.3) is 0 Å². The van der Waals surface area contributed by atoms with Crippen LogP contribution in [0.15, 0.2) is 30.3 Å². The molecular weight excluding hydrogens is 280 g/mol. The molecule has 1 aliphatic carbocycles. The van der Waals surface area contributed by atoms with Gasteiger partial charge in [0, 0.05) is 12.6 Å². The van der Waals surface area contributed by atoms with Crippen LogP contribution in [-0.2, 0) is 16.1 Å². The van der Waals surface area contributed by atoms with Crippen LogP contribution in [-0.4, -0.2) is 52.0 Å². The van der Waals surface area contributed by atoms with E-state index in [9.17, 15) is 14.7 Å². The summed E-state index contributed by atoms with van der Waals surface area (Å²) in [5, 5.41) is 9.23. The molecule has 3 rings (SSSR count). The first-order valence-electron chi connectivity index (χ1n) is 7.95. The van der Waals surface area contributed by atoms with Crippen molar-refractivity contribution >= 4 is 11.9 Å². The molecule has 5 heteroatoms. The van der Waals surface area contributed by atoms with E-state index in [1.54, 1.807) is 0 Å². The molecule has 1 heterocycles. The summed E-state index contributed by atoms with van der Waals surface area (Å²) >= 11 is 0. The number of likely N-dealkylation sites (tertiary alicyclic amines) is 1. The van der Waals surface area contributed by atoms with Gasteiger partial charge in [-0.1, -0.05) is 30.3 Å². The van der Waals surface area contributed by atoms with E-state index < -0.39 is 12.0 Å². The fourth-order valence-electron chi connectivity index (χ4n) is 3.15. The number of carboxylic acid groups (broad SMARTS) is 1. The van der Waals surface area contributed by atoms with Gasteiger partial charge < -0.3 is 10.0 Å². The average molecular weight is 302 g/mol. The molecule has 0 bridgehead atoms. The zero-order chi connectivity index (χ0) is 15.5. The first-order valence-corrected chi connectivity index (χ1v) is 7.95. The van der Waals surface area contributed by atoms with Crippen molar-refractivity contribution < 1.29 is 14.7 Å². The molecule has 1 saturated heterocycles. The quantitative estimate of drug-likeness (QED) is 0.869. The van der Waals surface area contributed by atoms with Crippen molar-refractivity contribution in [3.05, 3.63) is 35.9 Å². The molecule has 1 aliphatic heterocycles. The maximum absolute atomic E-state index is 12.6. The number of carbonyl (C=O) groups excluding carboxylic acids is 1. The minimum Gasteiger partial charge on any atom is -0.480 e. The topological polar surface area (TPSA) is 60.9 Å². The summed E-state index contributed by atoms with van der Waals surface area (Å²) in [6, 6.07) is 9.81. The Labute approximate surface area is 130 Å². The van der Waals surface area contributed by atoms with Gasteiger partial charge in [0.2, 0.25) is 5.91 Å². The van der Waals surface area contributed by atoms with E-state index in [1.807, 2.05) is 40.1 Å². The van der Waals surface area contributed by atoms with Crippen molar-refractivity contribution in [3.8, 4) is 0 Å². The fourth-order valence-corrected chi connectivity index (χ4v) is 3.15. The third-order valence-corrected chi connectivity index (χ3v) is 4.49. The van der Waals surface area contributed by atoms with Crippen molar-refractivity contribution in [2.75, 3.05) is 13.1 Å². The first kappa shape index (κ1) is 15.0. The minimum atomic E-state index is -0.814. The van der Waals surface area contributed by atoms with Crippen molar-refractivity contribution in [3.63, 3.8) is 0 Å². The van der Waals surface area contributed by atoms with Crippen LogP contribution in [0.3, 0.4) is 0 Å². The molecule has 0 unspecified atom stereocenters. The van der Waals surface area contributed by atoms with E-state index in [0.29, 0.717) is 25.6 Å². The normalized spacial score (nSPS) is 21.7. The Kier molecular flexibility index (Phi) is 4.43. The lowest BCUT2D eigenvalue weighted by Gasteiger charge is -2.27. The molecule has 0 radical (unpaired) electrons. The van der Waals surface area contributed by atoms with E-state index in [0.717, 1.165) is 24.8 Å². The number of amides is 1. The van der Waals surface area contributed by atoms with Crippen LogP contribution >= 0.6 is 0 Å². The van der Waals surface area contributed by atoms with Crippen LogP contribution in [0.1, 0.15) is 31.2 Å². The van der Waals surface area contributed by atoms with Gasteiger partial charge in [-0.25, -0.2) is 0 Å². The number of carbonyl (C=O) groups is 2. The van der Waals surface area contributed by atoms with Gasteiger partial charge in [0.15, 0.2) is 0 Å². The minimum absolute atomic E-state index is 0.0551. The Hall–Kier alpha value is -1.88. The summed E-state index contributed by atoms with van der Waals surface area (Å²) in [6.45, 7) is 1.54. The highest BCUT2D eigenvalue weighted by atomic mass is 16.4. The zero-order valence-electron chi connectivity index (χ0n) is 12.6. The molecule has 0 spiro atoms. The van der Waals surface area contributed by atoms with Crippen molar-refractivity contribution in [1.29, 1.82) is 0 Å². The molecule has 1 amide bonds. The molecule has 1 N–H and O–H groups in total. The number of hydrogen-bond donors (Lipinski definition) is 1. The highest BCUT2D eigenvalue weighted by Gasteiger charge is 2.36. The smallest absolute Gasteiger partial charge is 0.320 e. The first-order chi connectivity index (χ1) is 10.6. The van der Waals surface area contributed by atoms with Gasteiger partial charge in [-0.2, -0.15) is 0 Å². The Morgan fingerprint density at radius 3 is 2.55 bits per heavy atom. The second-order valence-electron chi connectivity index (χ2n) is 6.21. The van der Waals surface area contributed by atoms with Gasteiger partial charge in [-0.3, -0.25) is 14.5 Å². The summed E-state index contributed by atoms with van der Waals surface area (Å²) in [4.78, 5) is 27.6. The second-order valence-corrected chi connectivity index (χ2v) is 6.21. The SMILES string of the molecule is O=C(O)[C@H]1CCCN1CC(=O)N(Cc1ccccc1)C1CC1. The molecule has 118 valence electrons. The van der Waals surface area contributed by atoms with Crippen LogP contribution in [0.25, 0.3) is 0 Å². The van der Waals surface area contributed by atoms with Gasteiger partial charge in [-0.15, -0.1) is 0 Å². The monoisotopic (exact) mass is 302 g/mol. The standard InChI is InChI=1S/C17H22N2O3/c20-16(12-18-10-4-7-15(18)17(21)22)19(14-8-9-14)11-13-5-2-1-3-6-13/h1-3,5-6,14-15H,4,7-12H2,(H,21,22)/t15-/m1/s1. The predicted octanol–water partition coefficient (Wildman–Crippen LogP) is 1.73. The average Bonchev–Trinajstić information content (AvgIpc) is 3.24. The van der Waals surface area contributed by atoms with Gasteiger partial charge in [-0.05, 0) is 37.8 Å². The third-order valence-electron chi connectivity index (χ3n) is 4.49. The lowest BCUT2D eigenvalue weighted by molar-refractivity contribution is -0.143. The maximum Gasteiger partial charge on any atom is 0.320 e. The van der Waals surface area contributed by atoms with Crippen LogP contribution in [0.2, 0.25) is 0 Å². The number of rotatable bonds is 6. The van der Waals surface area contributed by atoms with Gasteiger partial charge in [0.05, 0.1) is 6.54 Å². The van der Waals surface area contributed by atoms with Gasteiger partial charge in [0.1, 0.15) is 6.04 Å². The maximum atomic E-state index is 12.6. The van der Waals surface area contributed by atoms with E-state index in [1.165, 1.54) is 0 Å². The summed E-state index contributed by atoms with van der Waals surface area (Å²) < 4.78 is 0. The fraction of sp³-hybridized carbons (Fsp3) is 0.529. The van der Waals surface area contributed by atoms with E-state index in [2.05, 4.69) is 0 Å². The Balaban J connectivity index is 1.64. The Morgan fingerprint density at radius 1 is 1.18 bits per heavy atom. The molecule has 2 fully saturated rings. The Bertz CT molecular complexity index is 542. The highest BCUT2D eigenvalue weighted by Crippen LogP contribution is 2.29. The summed E-state index contributed by atoms with van der Waals surface area (Å²) in [6.07, 6.45) is 3.61. The molecule has 1 aromatic carbocycles. The lowest BCUT2D eigenvalue weighted by Crippen LogP contribution is -2.45. The molecular formula is C17H22N2O3. The van der Waals surface area contributed by atoms with E-state index >= 15 is 0 Å². The number of hydrogen-bond acceptors (Lipinski definition) is 3. The van der Waals surface area contributed by atoms with Gasteiger partial charge >= 0.3 is 5.97 Å². The molecule has 22 heavy (non-hydrogen) atoms. The molecule has 1 aromatic rings. The van der Waals surface area contributed by atoms with E-state index in [-0.39, 0.29) is 12.5 Å². The van der Waals surface area contributed by atoms with Crippen LogP contribution in [0.5, 0.6) is 0 Å². The number of carboxylic acids is 1. The Morgan fingerprint density at radius 2 is 1.91 bits per heavy atom. The number of benzene rings is 1. The highest BCUT2D eigenvalue weighted by molar-refractivity contribution is 5.80. The number of nitrogens with zero attached hydrogens (tertiary/aromatic N) is 2. The lowest BCUT2D eigenvalue weighted by atomic mass is 10.2. The molecule has 1 saturated carbocycles. The predicted molar refractivity (Wildman–Crippen MR) is 82.2 cm³/mol. The largest absolute Gasteiger partial charge is 0.480 e. The van der Waals surface area contributed by atoms with Crippen molar-refractivity contribution in [2.45, 2.75) is 44.3 Å². The molecule has 1 atom stereocenters. The molecule has 2 aliphatic rings. The number of aliphatic carboxylic acids is 1.